The number of ether oxygens (including phenoxy) is 2. The normalized spacial score (nSPS) is 19.0. The Morgan fingerprint density at radius 1 is 0.981 bits per heavy atom. The topological polar surface area (TPSA) is 114 Å². The molecule has 12 heteroatoms. The smallest absolute Gasteiger partial charge is 0.320 e. The molecule has 1 aliphatic heterocycles. The number of carbonyl (C=O) groups excluding carboxylic acids is 1. The number of rotatable bonds is 11. The minimum absolute atomic E-state index is 0.155. The summed E-state index contributed by atoms with van der Waals surface area (Å²) in [5.74, 6) is 2.25. The Morgan fingerprint density at radius 3 is 2.53 bits per heavy atom. The van der Waals surface area contributed by atoms with Gasteiger partial charge < -0.3 is 19.7 Å². The molecule has 2 N–H and O–H groups in total. The number of amides is 2. The van der Waals surface area contributed by atoms with Crippen LogP contribution in [-0.2, 0) is 16.7 Å². The number of hydrogen-bond acceptors (Lipinski definition) is 8. The maximum atomic E-state index is 13.7. The molecule has 0 saturated carbocycles. The fourth-order valence-electron chi connectivity index (χ4n) is 7.43. The molecule has 5 aromatic rings. The lowest BCUT2D eigenvalue weighted by molar-refractivity contribution is 0.158. The van der Waals surface area contributed by atoms with Crippen molar-refractivity contribution in [3.63, 3.8) is 0 Å². The van der Waals surface area contributed by atoms with Crippen molar-refractivity contribution in [1.82, 2.24) is 34.6 Å². The van der Waals surface area contributed by atoms with Gasteiger partial charge in [0, 0.05) is 44.3 Å². The second kappa shape index (κ2) is 15.6. The van der Waals surface area contributed by atoms with Gasteiger partial charge in [-0.25, -0.2) is 9.48 Å². The summed E-state index contributed by atoms with van der Waals surface area (Å²) in [6, 6.07) is 22.4. The molecule has 53 heavy (non-hydrogen) atoms. The lowest BCUT2D eigenvalue weighted by Crippen LogP contribution is -2.38. The van der Waals surface area contributed by atoms with Crippen molar-refractivity contribution in [3.8, 4) is 11.4 Å². The zero-order chi connectivity index (χ0) is 37.1. The van der Waals surface area contributed by atoms with Crippen molar-refractivity contribution in [3.05, 3.63) is 95.3 Å². The van der Waals surface area contributed by atoms with Crippen LogP contribution in [0.5, 0.6) is 5.75 Å². The van der Waals surface area contributed by atoms with Crippen LogP contribution in [0.25, 0.3) is 11.3 Å². The van der Waals surface area contributed by atoms with Crippen LogP contribution in [0.2, 0.25) is 0 Å². The number of fused-ring (bicyclic) bond motifs is 2. The second-order valence-electron chi connectivity index (χ2n) is 15.6. The Labute approximate surface area is 312 Å². The number of benzene rings is 2. The molecule has 3 atom stereocenters. The second-order valence-corrected chi connectivity index (χ2v) is 15.6. The lowest BCUT2D eigenvalue weighted by Gasteiger charge is -2.33. The molecule has 4 heterocycles. The fraction of sp³-hybridized carbons (Fsp3) is 0.463. The Bertz CT molecular complexity index is 2020. The first-order valence-corrected chi connectivity index (χ1v) is 18.9. The number of hydrogen-bond donors (Lipinski definition) is 2. The number of urea groups is 1. The molecular formula is C41H53N9O3. The molecular weight excluding hydrogens is 667 g/mol. The highest BCUT2D eigenvalue weighted by Crippen LogP contribution is 2.39. The van der Waals surface area contributed by atoms with Crippen molar-refractivity contribution in [2.45, 2.75) is 89.9 Å². The standard InChI is InChI=1S/C41H53N9O3/c1-28-11-9-10-22-48(28)40-45-44-37-21-18-31(27-49(37)40)53-35-20-19-34(32-12-7-8-13-33(32)35)42-39(51)43-38-25-36(41(2,3)4)46-50(38)30-16-14-29(15-17-30)26-47(5)23-24-52-6/h7-8,12-18,21,25,27-28,34-35H,9-11,19-20,22-24,26H2,1-6H3,(H2,42,43,51)/t28?,34-,35+/m0/s1. The third-order valence-corrected chi connectivity index (χ3v) is 10.5. The molecule has 1 unspecified atom stereocenters. The van der Waals surface area contributed by atoms with E-state index in [-0.39, 0.29) is 23.6 Å². The molecule has 280 valence electrons. The molecule has 2 aromatic carbocycles. The number of likely N-dealkylation sites (N-methyl/N-ethyl adjacent to an activating group) is 1. The Hall–Kier alpha value is -4.94. The third kappa shape index (κ3) is 8.18. The largest absolute Gasteiger partial charge is 0.484 e. The minimum Gasteiger partial charge on any atom is -0.484 e. The molecule has 2 amide bonds. The van der Waals surface area contributed by atoms with Gasteiger partial charge in [-0.05, 0) is 87.0 Å². The molecule has 3 aromatic heterocycles. The van der Waals surface area contributed by atoms with Gasteiger partial charge in [-0.15, -0.1) is 10.2 Å². The summed E-state index contributed by atoms with van der Waals surface area (Å²) in [4.78, 5) is 18.3. The van der Waals surface area contributed by atoms with Crippen molar-refractivity contribution in [2.75, 3.05) is 44.1 Å². The summed E-state index contributed by atoms with van der Waals surface area (Å²) >= 11 is 0. The number of nitrogens with one attached hydrogen (secondary N) is 2. The van der Waals surface area contributed by atoms with E-state index < -0.39 is 0 Å². The minimum atomic E-state index is -0.278. The van der Waals surface area contributed by atoms with Crippen LogP contribution in [-0.4, -0.2) is 75.2 Å². The molecule has 0 bridgehead atoms. The van der Waals surface area contributed by atoms with E-state index in [1.807, 2.05) is 45.6 Å². The summed E-state index contributed by atoms with van der Waals surface area (Å²) in [7, 11) is 3.80. The van der Waals surface area contributed by atoms with E-state index in [0.717, 1.165) is 85.2 Å². The van der Waals surface area contributed by atoms with Crippen LogP contribution in [0.4, 0.5) is 16.6 Å². The zero-order valence-corrected chi connectivity index (χ0v) is 31.9. The first kappa shape index (κ1) is 36.4. The van der Waals surface area contributed by atoms with Gasteiger partial charge in [0.05, 0.1) is 30.2 Å². The van der Waals surface area contributed by atoms with E-state index >= 15 is 0 Å². The van der Waals surface area contributed by atoms with Gasteiger partial charge in [-0.1, -0.05) is 57.2 Å². The van der Waals surface area contributed by atoms with E-state index in [1.165, 1.54) is 12.0 Å². The van der Waals surface area contributed by atoms with Gasteiger partial charge in [0.15, 0.2) is 5.65 Å². The van der Waals surface area contributed by atoms with E-state index in [2.05, 4.69) is 102 Å². The molecule has 1 aliphatic carbocycles. The molecule has 0 radical (unpaired) electrons. The first-order chi connectivity index (χ1) is 25.6. The number of aromatic nitrogens is 5. The summed E-state index contributed by atoms with van der Waals surface area (Å²) in [5, 5.41) is 20.3. The molecule has 1 fully saturated rings. The number of carbonyl (C=O) groups is 1. The average Bonchev–Trinajstić information content (AvgIpc) is 3.77. The van der Waals surface area contributed by atoms with E-state index in [0.29, 0.717) is 18.5 Å². The van der Waals surface area contributed by atoms with Crippen LogP contribution in [0.3, 0.4) is 0 Å². The van der Waals surface area contributed by atoms with Gasteiger partial charge in [-0.3, -0.25) is 14.6 Å². The zero-order valence-electron chi connectivity index (χ0n) is 31.9. The predicted octanol–water partition coefficient (Wildman–Crippen LogP) is 7.45. The summed E-state index contributed by atoms with van der Waals surface area (Å²) in [5.41, 5.74) is 5.70. The Morgan fingerprint density at radius 2 is 1.77 bits per heavy atom. The van der Waals surface area contributed by atoms with Crippen molar-refractivity contribution in [2.24, 2.45) is 0 Å². The summed E-state index contributed by atoms with van der Waals surface area (Å²) in [6.45, 7) is 12.0. The van der Waals surface area contributed by atoms with Crippen molar-refractivity contribution < 1.29 is 14.3 Å². The van der Waals surface area contributed by atoms with Crippen LogP contribution >= 0.6 is 0 Å². The predicted molar refractivity (Wildman–Crippen MR) is 208 cm³/mol. The van der Waals surface area contributed by atoms with Crippen LogP contribution in [0.15, 0.2) is 72.9 Å². The monoisotopic (exact) mass is 719 g/mol. The molecule has 0 spiro atoms. The molecule has 7 rings (SSSR count). The van der Waals surface area contributed by atoms with Gasteiger partial charge >= 0.3 is 6.03 Å². The van der Waals surface area contributed by atoms with Crippen LogP contribution in [0.1, 0.15) is 94.3 Å². The van der Waals surface area contributed by atoms with Gasteiger partial charge in [0.1, 0.15) is 17.7 Å². The number of piperidine rings is 1. The number of anilines is 2. The number of methoxy groups -OCH3 is 1. The van der Waals surface area contributed by atoms with Gasteiger partial charge in [0.25, 0.3) is 0 Å². The van der Waals surface area contributed by atoms with E-state index in [4.69, 9.17) is 14.6 Å². The highest BCUT2D eigenvalue weighted by atomic mass is 16.5. The highest BCUT2D eigenvalue weighted by Gasteiger charge is 2.31. The van der Waals surface area contributed by atoms with Crippen LogP contribution < -0.4 is 20.3 Å². The van der Waals surface area contributed by atoms with E-state index in [9.17, 15) is 4.79 Å². The molecule has 12 nitrogen and oxygen atoms in total. The average molecular weight is 720 g/mol. The van der Waals surface area contributed by atoms with Gasteiger partial charge in [0.2, 0.25) is 5.95 Å². The van der Waals surface area contributed by atoms with Crippen molar-refractivity contribution in [1.29, 1.82) is 0 Å². The Balaban J connectivity index is 1.06. The maximum absolute atomic E-state index is 13.7. The number of nitrogens with zero attached hydrogens (tertiary/aromatic N) is 7. The summed E-state index contributed by atoms with van der Waals surface area (Å²) < 4.78 is 15.8. The van der Waals surface area contributed by atoms with Crippen LogP contribution in [0, 0.1) is 0 Å². The van der Waals surface area contributed by atoms with Crippen molar-refractivity contribution >= 4 is 23.4 Å². The molecule has 1 saturated heterocycles. The molecule has 2 aliphatic rings. The maximum Gasteiger partial charge on any atom is 0.320 e. The number of pyridine rings is 1. The van der Waals surface area contributed by atoms with Gasteiger partial charge in [-0.2, -0.15) is 5.10 Å². The summed E-state index contributed by atoms with van der Waals surface area (Å²) in [6.07, 6.45) is 6.89. The lowest BCUT2D eigenvalue weighted by atomic mass is 9.85. The highest BCUT2D eigenvalue weighted by molar-refractivity contribution is 5.89. The first-order valence-electron chi connectivity index (χ1n) is 18.9. The SMILES string of the molecule is COCCN(C)Cc1ccc(-n2nc(C(C)(C)C)cc2NC(=O)N[C@H]2CC[C@@H](Oc3ccc4nnc(N5CCCCC5C)n4c3)c3ccccc32)cc1. The fourth-order valence-corrected chi connectivity index (χ4v) is 7.43. The Kier molecular flexibility index (Phi) is 10.7. The third-order valence-electron chi connectivity index (χ3n) is 10.5. The quantitative estimate of drug-likeness (QED) is 0.145. The van der Waals surface area contributed by atoms with E-state index in [1.54, 1.807) is 7.11 Å².